The van der Waals surface area contributed by atoms with Gasteiger partial charge in [0.2, 0.25) is 0 Å². The van der Waals surface area contributed by atoms with Crippen LogP contribution < -0.4 is 5.73 Å². The maximum absolute atomic E-state index is 12.4. The van der Waals surface area contributed by atoms with E-state index < -0.39 is 12.5 Å². The minimum absolute atomic E-state index is 0.361. The maximum atomic E-state index is 12.4. The summed E-state index contributed by atoms with van der Waals surface area (Å²) in [5.41, 5.74) is 5.72. The Balaban J connectivity index is 2.64. The summed E-state index contributed by atoms with van der Waals surface area (Å²) in [6.45, 7) is 0. The van der Waals surface area contributed by atoms with Crippen molar-refractivity contribution in [2.45, 2.75) is 12.5 Å². The molecule has 0 aromatic heterocycles. The molecule has 1 rings (SSSR count). The molecule has 76 valence electrons. The van der Waals surface area contributed by atoms with Gasteiger partial charge in [-0.3, -0.25) is 0 Å². The van der Waals surface area contributed by atoms with Gasteiger partial charge in [-0.1, -0.05) is 24.3 Å². The molecule has 2 N–H and O–H groups in total. The van der Waals surface area contributed by atoms with E-state index in [2.05, 4.69) is 0 Å². The summed E-state index contributed by atoms with van der Waals surface area (Å²) in [6.07, 6.45) is 0.0560. The number of alkyl halides is 2. The number of hydrogen-bond donors (Lipinski definition) is 1. The first-order valence-electron chi connectivity index (χ1n) is 4.07. The second-order valence-electron chi connectivity index (χ2n) is 2.82. The normalized spacial score (nSPS) is 13.8. The Bertz CT molecular complexity index is 306. The van der Waals surface area contributed by atoms with Crippen LogP contribution in [0, 0.1) is 5.82 Å². The van der Waals surface area contributed by atoms with Gasteiger partial charge in [-0.25, -0.2) is 13.2 Å². The molecule has 0 aliphatic rings. The Kier molecular flexibility index (Phi) is 3.71. The van der Waals surface area contributed by atoms with Gasteiger partial charge in [-0.05, 0) is 17.7 Å². The maximum Gasteiger partial charge on any atom is 0.257 e. The molecule has 0 spiro atoms. The van der Waals surface area contributed by atoms with Gasteiger partial charge in [0, 0.05) is 0 Å². The van der Waals surface area contributed by atoms with Crippen molar-refractivity contribution in [3.05, 3.63) is 41.7 Å². The third-order valence-electron chi connectivity index (χ3n) is 1.67. The smallest absolute Gasteiger partial charge is 0.257 e. The predicted octanol–water partition coefficient (Wildman–Crippen LogP) is 2.43. The molecule has 0 heterocycles. The molecule has 1 nitrogen and oxygen atoms in total. The van der Waals surface area contributed by atoms with Crippen LogP contribution in [-0.4, -0.2) is 12.5 Å². The van der Waals surface area contributed by atoms with Gasteiger partial charge in [0.1, 0.15) is 5.82 Å². The van der Waals surface area contributed by atoms with Crippen LogP contribution in [0.5, 0.6) is 0 Å². The Labute approximate surface area is 80.0 Å². The average Bonchev–Trinajstić information content (AvgIpc) is 2.16. The van der Waals surface area contributed by atoms with E-state index in [1.54, 1.807) is 0 Å². The highest BCUT2D eigenvalue weighted by atomic mass is 19.3. The summed E-state index contributed by atoms with van der Waals surface area (Å²) in [7, 11) is 0. The Hall–Kier alpha value is -1.29. The van der Waals surface area contributed by atoms with E-state index in [-0.39, 0.29) is 5.82 Å². The topological polar surface area (TPSA) is 26.0 Å². The lowest BCUT2D eigenvalue weighted by atomic mass is 10.2. The first-order valence-corrected chi connectivity index (χ1v) is 4.07. The Morgan fingerprint density at radius 3 is 2.21 bits per heavy atom. The van der Waals surface area contributed by atoms with Crippen molar-refractivity contribution in [1.82, 2.24) is 0 Å². The van der Waals surface area contributed by atoms with Crippen molar-refractivity contribution in [2.75, 3.05) is 0 Å². The summed E-state index contributed by atoms with van der Waals surface area (Å²) in [5.74, 6) is -0.361. The number of halogens is 3. The number of rotatable bonds is 3. The highest BCUT2D eigenvalue weighted by Gasteiger charge is 2.10. The van der Waals surface area contributed by atoms with Crippen LogP contribution in [0.15, 0.2) is 30.3 Å². The summed E-state index contributed by atoms with van der Waals surface area (Å²) in [6, 6.07) is 4.22. The van der Waals surface area contributed by atoms with E-state index in [0.717, 1.165) is 0 Å². The number of benzene rings is 1. The lowest BCUT2D eigenvalue weighted by Gasteiger charge is -2.03. The second-order valence-corrected chi connectivity index (χ2v) is 2.82. The number of nitrogens with two attached hydrogens (primary N) is 1. The van der Waals surface area contributed by atoms with Crippen molar-refractivity contribution in [3.8, 4) is 0 Å². The zero-order valence-corrected chi connectivity index (χ0v) is 7.33. The summed E-state index contributed by atoms with van der Waals surface area (Å²) in [5, 5.41) is 0. The molecule has 0 aliphatic carbocycles. The lowest BCUT2D eigenvalue weighted by molar-refractivity contribution is 0.133. The minimum atomic E-state index is -2.58. The van der Waals surface area contributed by atoms with Gasteiger partial charge in [0.05, 0.1) is 6.04 Å². The van der Waals surface area contributed by atoms with Crippen molar-refractivity contribution in [1.29, 1.82) is 0 Å². The standard InChI is InChI=1S/C10H10F3N/c11-8-4-1-7(2-5-8)3-6-9(14)10(12)13/h1-6,9-10H,14H2/b6-3+. The fourth-order valence-electron chi connectivity index (χ4n) is 0.880. The van der Waals surface area contributed by atoms with Gasteiger partial charge in [0.15, 0.2) is 0 Å². The first kappa shape index (κ1) is 10.8. The average molecular weight is 201 g/mol. The van der Waals surface area contributed by atoms with E-state index in [9.17, 15) is 13.2 Å². The molecule has 0 saturated heterocycles. The summed E-state index contributed by atoms with van der Waals surface area (Å²) < 4.78 is 36.4. The Morgan fingerprint density at radius 1 is 1.14 bits per heavy atom. The summed E-state index contributed by atoms with van der Waals surface area (Å²) >= 11 is 0. The largest absolute Gasteiger partial charge is 0.320 e. The van der Waals surface area contributed by atoms with Crippen LogP contribution in [0.1, 0.15) is 5.56 Å². The molecule has 1 aromatic carbocycles. The molecule has 0 bridgehead atoms. The van der Waals surface area contributed by atoms with Gasteiger partial charge in [-0.15, -0.1) is 0 Å². The van der Waals surface area contributed by atoms with E-state index in [0.29, 0.717) is 5.56 Å². The van der Waals surface area contributed by atoms with E-state index in [1.807, 2.05) is 0 Å². The summed E-state index contributed by atoms with van der Waals surface area (Å²) in [4.78, 5) is 0. The third-order valence-corrected chi connectivity index (χ3v) is 1.67. The van der Waals surface area contributed by atoms with Crippen molar-refractivity contribution >= 4 is 6.08 Å². The van der Waals surface area contributed by atoms with Gasteiger partial charge < -0.3 is 5.73 Å². The fraction of sp³-hybridized carbons (Fsp3) is 0.200. The molecule has 4 heteroatoms. The van der Waals surface area contributed by atoms with Crippen LogP contribution in [0.2, 0.25) is 0 Å². The molecule has 1 atom stereocenters. The highest BCUT2D eigenvalue weighted by molar-refractivity contribution is 5.49. The van der Waals surface area contributed by atoms with Gasteiger partial charge in [0.25, 0.3) is 6.43 Å². The predicted molar refractivity (Wildman–Crippen MR) is 49.4 cm³/mol. The molecule has 0 fully saturated rings. The number of hydrogen-bond acceptors (Lipinski definition) is 1. The molecule has 0 saturated carbocycles. The van der Waals surface area contributed by atoms with E-state index >= 15 is 0 Å². The SMILES string of the molecule is NC(/C=C/c1ccc(F)cc1)C(F)F. The second kappa shape index (κ2) is 4.81. The zero-order chi connectivity index (χ0) is 10.6. The molecular weight excluding hydrogens is 191 g/mol. The molecule has 1 unspecified atom stereocenters. The van der Waals surface area contributed by atoms with E-state index in [4.69, 9.17) is 5.73 Å². The third kappa shape index (κ3) is 3.22. The molecule has 1 aromatic rings. The first-order chi connectivity index (χ1) is 6.59. The van der Waals surface area contributed by atoms with Crippen LogP contribution in [0.4, 0.5) is 13.2 Å². The minimum Gasteiger partial charge on any atom is -0.320 e. The zero-order valence-electron chi connectivity index (χ0n) is 7.33. The lowest BCUT2D eigenvalue weighted by Crippen LogP contribution is -2.25. The van der Waals surface area contributed by atoms with Crippen LogP contribution in [0.25, 0.3) is 6.08 Å². The van der Waals surface area contributed by atoms with Crippen molar-refractivity contribution in [2.24, 2.45) is 5.73 Å². The highest BCUT2D eigenvalue weighted by Crippen LogP contribution is 2.07. The van der Waals surface area contributed by atoms with Crippen LogP contribution in [0.3, 0.4) is 0 Å². The van der Waals surface area contributed by atoms with Gasteiger partial charge >= 0.3 is 0 Å². The molecular formula is C10H10F3N. The van der Waals surface area contributed by atoms with Crippen LogP contribution >= 0.6 is 0 Å². The molecule has 14 heavy (non-hydrogen) atoms. The fourth-order valence-corrected chi connectivity index (χ4v) is 0.880. The van der Waals surface area contributed by atoms with Crippen molar-refractivity contribution in [3.63, 3.8) is 0 Å². The van der Waals surface area contributed by atoms with Gasteiger partial charge in [-0.2, -0.15) is 0 Å². The molecule has 0 amide bonds. The molecule has 0 aliphatic heterocycles. The van der Waals surface area contributed by atoms with Crippen LogP contribution in [-0.2, 0) is 0 Å². The van der Waals surface area contributed by atoms with Crippen molar-refractivity contribution < 1.29 is 13.2 Å². The molecule has 0 radical (unpaired) electrons. The quantitative estimate of drug-likeness (QED) is 0.798. The monoisotopic (exact) mass is 201 g/mol. The Morgan fingerprint density at radius 2 is 1.71 bits per heavy atom. The van der Waals surface area contributed by atoms with E-state index in [1.165, 1.54) is 36.4 Å².